The van der Waals surface area contributed by atoms with Crippen LogP contribution < -0.4 is 10.6 Å². The Balaban J connectivity index is 1.52. The molecule has 4 rings (SSSR count). The second-order valence-corrected chi connectivity index (χ2v) is 6.61. The molecule has 24 heavy (non-hydrogen) atoms. The van der Waals surface area contributed by atoms with E-state index >= 15 is 0 Å². The number of nitrogens with zero attached hydrogens (tertiary/aromatic N) is 2. The van der Waals surface area contributed by atoms with Gasteiger partial charge in [-0.1, -0.05) is 22.0 Å². The van der Waals surface area contributed by atoms with Crippen LogP contribution >= 0.6 is 15.9 Å². The lowest BCUT2D eigenvalue weighted by atomic mass is 10.1. The van der Waals surface area contributed by atoms with Crippen LogP contribution in [-0.2, 0) is 13.1 Å². The first-order valence-electron chi connectivity index (χ1n) is 7.63. The number of nitrogens with one attached hydrogen (secondary N) is 2. The van der Waals surface area contributed by atoms with Gasteiger partial charge in [-0.2, -0.15) is 5.10 Å². The Morgan fingerprint density at radius 2 is 1.92 bits per heavy atom. The minimum atomic E-state index is -0.163. The Labute approximate surface area is 147 Å². The second-order valence-electron chi connectivity index (χ2n) is 5.69. The molecular formula is C18H15BrN4O. The Morgan fingerprint density at radius 3 is 2.75 bits per heavy atom. The number of halogens is 1. The van der Waals surface area contributed by atoms with Crippen molar-refractivity contribution in [2.24, 2.45) is 0 Å². The summed E-state index contributed by atoms with van der Waals surface area (Å²) in [6.07, 6.45) is 3.31. The second kappa shape index (κ2) is 6.22. The van der Waals surface area contributed by atoms with Gasteiger partial charge in [0.05, 0.1) is 17.4 Å². The van der Waals surface area contributed by atoms with E-state index in [1.54, 1.807) is 17.1 Å². The van der Waals surface area contributed by atoms with Gasteiger partial charge in [-0.15, -0.1) is 0 Å². The van der Waals surface area contributed by atoms with Crippen molar-refractivity contribution in [3.8, 4) is 5.69 Å². The molecule has 6 heteroatoms. The third kappa shape index (κ3) is 2.98. The van der Waals surface area contributed by atoms with Crippen LogP contribution in [0.4, 0.5) is 5.69 Å². The molecule has 0 unspecified atom stereocenters. The van der Waals surface area contributed by atoms with Crippen molar-refractivity contribution in [2.45, 2.75) is 13.1 Å². The maximum atomic E-state index is 12.4. The first-order chi connectivity index (χ1) is 11.7. The molecule has 0 saturated heterocycles. The largest absolute Gasteiger partial charge is 0.322 e. The van der Waals surface area contributed by atoms with Gasteiger partial charge in [-0.05, 0) is 47.5 Å². The highest BCUT2D eigenvalue weighted by molar-refractivity contribution is 9.10. The molecule has 0 fully saturated rings. The van der Waals surface area contributed by atoms with Crippen LogP contribution in [0.15, 0.2) is 59.3 Å². The number of carbonyl (C=O) groups is 1. The van der Waals surface area contributed by atoms with E-state index in [1.165, 1.54) is 11.1 Å². The van der Waals surface area contributed by atoms with Gasteiger partial charge >= 0.3 is 0 Å². The number of fused-ring (bicyclic) bond motifs is 1. The lowest BCUT2D eigenvalue weighted by Gasteiger charge is -2.06. The van der Waals surface area contributed by atoms with Gasteiger partial charge in [0.2, 0.25) is 0 Å². The predicted molar refractivity (Wildman–Crippen MR) is 96.2 cm³/mol. The lowest BCUT2D eigenvalue weighted by molar-refractivity contribution is 0.102. The molecule has 0 aliphatic carbocycles. The molecule has 0 bridgehead atoms. The summed E-state index contributed by atoms with van der Waals surface area (Å²) in [5, 5.41) is 10.5. The summed E-state index contributed by atoms with van der Waals surface area (Å²) in [5.41, 5.74) is 4.76. The van der Waals surface area contributed by atoms with E-state index in [0.29, 0.717) is 5.56 Å². The van der Waals surface area contributed by atoms with Crippen LogP contribution in [0.1, 0.15) is 21.5 Å². The van der Waals surface area contributed by atoms with Crippen LogP contribution in [0.3, 0.4) is 0 Å². The van der Waals surface area contributed by atoms with Gasteiger partial charge in [-0.3, -0.25) is 4.79 Å². The van der Waals surface area contributed by atoms with Crippen molar-refractivity contribution >= 4 is 27.5 Å². The van der Waals surface area contributed by atoms with Crippen LogP contribution in [0, 0.1) is 0 Å². The normalized spacial score (nSPS) is 12.9. The van der Waals surface area contributed by atoms with E-state index in [9.17, 15) is 4.79 Å². The Morgan fingerprint density at radius 1 is 1.12 bits per heavy atom. The Kier molecular flexibility index (Phi) is 3.92. The number of carbonyl (C=O) groups excluding carboxylic acids is 1. The topological polar surface area (TPSA) is 59.0 Å². The zero-order valence-corrected chi connectivity index (χ0v) is 14.4. The van der Waals surface area contributed by atoms with Gasteiger partial charge < -0.3 is 10.6 Å². The van der Waals surface area contributed by atoms with E-state index < -0.39 is 0 Å². The highest BCUT2D eigenvalue weighted by atomic mass is 79.9. The van der Waals surface area contributed by atoms with Crippen molar-refractivity contribution in [2.75, 3.05) is 5.32 Å². The van der Waals surface area contributed by atoms with E-state index in [0.717, 1.165) is 28.9 Å². The van der Waals surface area contributed by atoms with Gasteiger partial charge in [0.15, 0.2) is 0 Å². The summed E-state index contributed by atoms with van der Waals surface area (Å²) >= 11 is 3.41. The number of benzene rings is 2. The average Bonchev–Trinajstić information content (AvgIpc) is 3.24. The molecule has 0 spiro atoms. The van der Waals surface area contributed by atoms with Crippen LogP contribution in [-0.4, -0.2) is 15.7 Å². The van der Waals surface area contributed by atoms with Gasteiger partial charge in [-0.25, -0.2) is 4.68 Å². The zero-order chi connectivity index (χ0) is 16.5. The Hall–Kier alpha value is -2.44. The standard InChI is InChI=1S/C18H15BrN4O/c19-15-2-5-17(6-3-15)23-11-14(10-21-23)18(24)22-16-4-1-12-8-20-9-13(12)7-16/h1-7,10-11,20H,8-9H2,(H,22,24). The summed E-state index contributed by atoms with van der Waals surface area (Å²) in [7, 11) is 0. The maximum Gasteiger partial charge on any atom is 0.258 e. The van der Waals surface area contributed by atoms with E-state index in [1.807, 2.05) is 36.4 Å². The number of anilines is 1. The van der Waals surface area contributed by atoms with E-state index in [2.05, 4.69) is 37.7 Å². The first kappa shape index (κ1) is 15.1. The minimum Gasteiger partial charge on any atom is -0.322 e. The van der Waals surface area contributed by atoms with E-state index in [4.69, 9.17) is 0 Å². The number of hydrogen-bond acceptors (Lipinski definition) is 3. The quantitative estimate of drug-likeness (QED) is 0.728. The number of rotatable bonds is 3. The fourth-order valence-electron chi connectivity index (χ4n) is 2.75. The summed E-state index contributed by atoms with van der Waals surface area (Å²) in [6.45, 7) is 1.74. The highest BCUT2D eigenvalue weighted by Gasteiger charge is 2.13. The molecular weight excluding hydrogens is 368 g/mol. The lowest BCUT2D eigenvalue weighted by Crippen LogP contribution is -2.11. The SMILES string of the molecule is O=C(Nc1ccc2c(c1)CNC2)c1cnn(-c2ccc(Br)cc2)c1. The van der Waals surface area contributed by atoms with Crippen molar-refractivity contribution in [3.63, 3.8) is 0 Å². The molecule has 3 aromatic rings. The third-order valence-electron chi connectivity index (χ3n) is 4.03. The van der Waals surface area contributed by atoms with Gasteiger partial charge in [0, 0.05) is 29.4 Å². The zero-order valence-electron chi connectivity index (χ0n) is 12.8. The monoisotopic (exact) mass is 382 g/mol. The fraction of sp³-hybridized carbons (Fsp3) is 0.111. The predicted octanol–water partition coefficient (Wildman–Crippen LogP) is 3.49. The van der Waals surface area contributed by atoms with Crippen LogP contribution in [0.2, 0.25) is 0 Å². The minimum absolute atomic E-state index is 0.163. The molecule has 2 N–H and O–H groups in total. The molecule has 0 saturated carbocycles. The first-order valence-corrected chi connectivity index (χ1v) is 8.43. The molecule has 0 atom stereocenters. The molecule has 120 valence electrons. The summed E-state index contributed by atoms with van der Waals surface area (Å²) < 4.78 is 2.69. The third-order valence-corrected chi connectivity index (χ3v) is 4.56. The molecule has 1 amide bonds. The molecule has 1 aromatic heterocycles. The summed E-state index contributed by atoms with van der Waals surface area (Å²) in [4.78, 5) is 12.4. The van der Waals surface area contributed by atoms with Crippen molar-refractivity contribution in [1.82, 2.24) is 15.1 Å². The van der Waals surface area contributed by atoms with Crippen molar-refractivity contribution in [1.29, 1.82) is 0 Å². The molecule has 1 aliphatic rings. The summed E-state index contributed by atoms with van der Waals surface area (Å²) in [6, 6.07) is 13.8. The molecule has 1 aliphatic heterocycles. The van der Waals surface area contributed by atoms with Crippen LogP contribution in [0.25, 0.3) is 5.69 Å². The smallest absolute Gasteiger partial charge is 0.258 e. The highest BCUT2D eigenvalue weighted by Crippen LogP contribution is 2.21. The molecule has 0 radical (unpaired) electrons. The van der Waals surface area contributed by atoms with Crippen molar-refractivity contribution < 1.29 is 4.79 Å². The Bertz CT molecular complexity index is 902. The average molecular weight is 383 g/mol. The number of aromatic nitrogens is 2. The summed E-state index contributed by atoms with van der Waals surface area (Å²) in [5.74, 6) is -0.163. The van der Waals surface area contributed by atoms with Crippen molar-refractivity contribution in [3.05, 3.63) is 76.0 Å². The maximum absolute atomic E-state index is 12.4. The molecule has 2 heterocycles. The number of hydrogen-bond donors (Lipinski definition) is 2. The van der Waals surface area contributed by atoms with Gasteiger partial charge in [0.25, 0.3) is 5.91 Å². The fourth-order valence-corrected chi connectivity index (χ4v) is 3.02. The molecule has 5 nitrogen and oxygen atoms in total. The van der Waals surface area contributed by atoms with E-state index in [-0.39, 0.29) is 5.91 Å². The van der Waals surface area contributed by atoms with Crippen LogP contribution in [0.5, 0.6) is 0 Å². The molecule has 2 aromatic carbocycles. The number of amides is 1. The van der Waals surface area contributed by atoms with Gasteiger partial charge in [0.1, 0.15) is 0 Å².